The van der Waals surface area contributed by atoms with Crippen LogP contribution in [0.2, 0.25) is 12.1 Å². The molecule has 0 N–H and O–H groups in total. The number of rotatable bonds is 9. The molecule has 0 saturated heterocycles. The first kappa shape index (κ1) is 23.4. The minimum Gasteiger partial charge on any atom is -0.371 e. The summed E-state index contributed by atoms with van der Waals surface area (Å²) in [5.74, 6) is 1.24. The van der Waals surface area contributed by atoms with Crippen LogP contribution in [-0.2, 0) is 22.7 Å². The molecule has 0 unspecified atom stereocenters. The Morgan fingerprint density at radius 1 is 0.556 bits per heavy atom. The molecule has 2 nitrogen and oxygen atoms in total. The van der Waals surface area contributed by atoms with Crippen molar-refractivity contribution in [2.24, 2.45) is 11.8 Å². The molecule has 0 radical (unpaired) electrons. The van der Waals surface area contributed by atoms with Crippen molar-refractivity contribution < 1.29 is 9.47 Å². The van der Waals surface area contributed by atoms with E-state index in [9.17, 15) is 0 Å². The van der Waals surface area contributed by atoms with Gasteiger partial charge in [-0.3, -0.25) is 0 Å². The van der Waals surface area contributed by atoms with Gasteiger partial charge in [-0.25, -0.2) is 0 Å². The predicted molar refractivity (Wildman–Crippen MR) is 149 cm³/mol. The van der Waals surface area contributed by atoms with Gasteiger partial charge in [0.2, 0.25) is 0 Å². The van der Waals surface area contributed by atoms with Crippen LogP contribution in [0.25, 0.3) is 0 Å². The van der Waals surface area contributed by atoms with E-state index in [-0.39, 0.29) is 12.2 Å². The van der Waals surface area contributed by atoms with Gasteiger partial charge >= 0.3 is 0 Å². The zero-order valence-corrected chi connectivity index (χ0v) is 21.9. The van der Waals surface area contributed by atoms with Crippen LogP contribution in [0.3, 0.4) is 0 Å². The Bertz CT molecular complexity index is 1210. The molecule has 0 bridgehead atoms. The van der Waals surface area contributed by atoms with Crippen molar-refractivity contribution in [1.29, 1.82) is 0 Å². The second kappa shape index (κ2) is 10.2. The third kappa shape index (κ3) is 4.48. The van der Waals surface area contributed by atoms with Gasteiger partial charge in [0, 0.05) is 0 Å². The topological polar surface area (TPSA) is 18.5 Å². The Hall–Kier alpha value is -2.98. The normalized spacial score (nSPS) is 24.9. The van der Waals surface area contributed by atoms with Crippen molar-refractivity contribution in [2.75, 3.05) is 0 Å². The summed E-state index contributed by atoms with van der Waals surface area (Å²) in [5, 5.41) is 2.98. The first-order valence-corrected chi connectivity index (χ1v) is 15.7. The summed E-state index contributed by atoms with van der Waals surface area (Å²) in [5.41, 5.74) is 2.92. The maximum atomic E-state index is 6.90. The van der Waals surface area contributed by atoms with Crippen LogP contribution in [0.4, 0.5) is 0 Å². The lowest BCUT2D eigenvalue weighted by molar-refractivity contribution is -0.0816. The first-order valence-electron chi connectivity index (χ1n) is 13.2. The zero-order valence-electron chi connectivity index (χ0n) is 20.9. The molecule has 4 aromatic rings. The van der Waals surface area contributed by atoms with Crippen LogP contribution < -0.4 is 10.4 Å². The van der Waals surface area contributed by atoms with E-state index in [4.69, 9.17) is 9.47 Å². The molecule has 3 heteroatoms. The van der Waals surface area contributed by atoms with E-state index in [0.29, 0.717) is 30.6 Å². The standard InChI is InChI=1S/C33H34O2Si/c1-36(27-18-10-4-11-19-27,28-20-12-5-13-21-28)33-30-22-29(30)31(34-23-25-14-6-2-7-15-25)32(33)35-24-26-16-8-3-9-17-26/h2-21,29-33H,22-24H2,1H3/t29-,30+,31-,32-,33-/m1/s1. The minimum atomic E-state index is -2.15. The molecule has 2 aliphatic rings. The fourth-order valence-electron chi connectivity index (χ4n) is 6.55. The SMILES string of the molecule is C[Si](c1ccccc1)(c1ccccc1)[C@@H]1[C@H]2C[C@H]2[C@@H](OCc2ccccc2)[C@H]1OCc1ccccc1. The number of hydrogen-bond donors (Lipinski definition) is 0. The maximum Gasteiger partial charge on any atom is 0.121 e. The molecule has 2 fully saturated rings. The second-order valence-electron chi connectivity index (χ2n) is 10.5. The van der Waals surface area contributed by atoms with Crippen molar-refractivity contribution in [2.45, 2.75) is 43.9 Å². The van der Waals surface area contributed by atoms with Gasteiger partial charge in [0.15, 0.2) is 0 Å². The van der Waals surface area contributed by atoms with Crippen LogP contribution in [0.1, 0.15) is 17.5 Å². The third-order valence-corrected chi connectivity index (χ3v) is 13.6. The lowest BCUT2D eigenvalue weighted by Gasteiger charge is -2.41. The molecule has 0 heterocycles. The molecule has 6 rings (SSSR count). The highest BCUT2D eigenvalue weighted by Gasteiger charge is 2.66. The molecule has 2 saturated carbocycles. The molecule has 4 aromatic carbocycles. The van der Waals surface area contributed by atoms with E-state index in [1.54, 1.807) is 0 Å². The van der Waals surface area contributed by atoms with Crippen LogP contribution in [-0.4, -0.2) is 20.3 Å². The Balaban J connectivity index is 1.37. The minimum absolute atomic E-state index is 0.0785. The van der Waals surface area contributed by atoms with Crippen molar-refractivity contribution >= 4 is 18.4 Å². The second-order valence-corrected chi connectivity index (χ2v) is 14.8. The summed E-state index contributed by atoms with van der Waals surface area (Å²) in [7, 11) is -2.15. The Labute approximate surface area is 215 Å². The van der Waals surface area contributed by atoms with Crippen molar-refractivity contribution in [3.63, 3.8) is 0 Å². The fourth-order valence-corrected chi connectivity index (χ4v) is 11.6. The van der Waals surface area contributed by atoms with Crippen LogP contribution in [0.15, 0.2) is 121 Å². The van der Waals surface area contributed by atoms with E-state index < -0.39 is 8.07 Å². The molecular formula is C33H34O2Si. The number of fused-ring (bicyclic) bond motifs is 1. The third-order valence-electron chi connectivity index (χ3n) is 8.44. The molecule has 0 spiro atoms. The summed E-state index contributed by atoms with van der Waals surface area (Å²) in [6.45, 7) is 3.83. The molecule has 182 valence electrons. The predicted octanol–water partition coefficient (Wildman–Crippen LogP) is 6.07. The summed E-state index contributed by atoms with van der Waals surface area (Å²) in [6.07, 6.45) is 1.45. The van der Waals surface area contributed by atoms with Gasteiger partial charge in [0.1, 0.15) is 8.07 Å². The van der Waals surface area contributed by atoms with Gasteiger partial charge in [-0.15, -0.1) is 0 Å². The quantitative estimate of drug-likeness (QED) is 0.265. The van der Waals surface area contributed by atoms with Crippen LogP contribution >= 0.6 is 0 Å². The molecule has 5 atom stereocenters. The average Bonchev–Trinajstić information content (AvgIpc) is 3.67. The monoisotopic (exact) mass is 490 g/mol. The molecule has 0 aromatic heterocycles. The highest BCUT2D eigenvalue weighted by atomic mass is 28.3. The highest BCUT2D eigenvalue weighted by Crippen LogP contribution is 2.63. The van der Waals surface area contributed by atoms with Gasteiger partial charge in [-0.05, 0) is 34.9 Å². The first-order chi connectivity index (χ1) is 17.7. The largest absolute Gasteiger partial charge is 0.371 e. The summed E-state index contributed by atoms with van der Waals surface area (Å²) in [6, 6.07) is 43.6. The fraction of sp³-hybridized carbons (Fsp3) is 0.273. The number of ether oxygens (including phenoxy) is 2. The summed E-state index contributed by atoms with van der Waals surface area (Å²) < 4.78 is 13.6. The molecule has 0 amide bonds. The van der Waals surface area contributed by atoms with E-state index in [1.807, 2.05) is 0 Å². The summed E-state index contributed by atoms with van der Waals surface area (Å²) >= 11 is 0. The molecule has 2 aliphatic carbocycles. The van der Waals surface area contributed by atoms with E-state index in [2.05, 4.69) is 128 Å². The average molecular weight is 491 g/mol. The zero-order chi connectivity index (χ0) is 24.4. The van der Waals surface area contributed by atoms with E-state index >= 15 is 0 Å². The van der Waals surface area contributed by atoms with Crippen molar-refractivity contribution in [3.8, 4) is 0 Å². The lowest BCUT2D eigenvalue weighted by atomic mass is 10.1. The molecule has 0 aliphatic heterocycles. The Morgan fingerprint density at radius 3 is 1.44 bits per heavy atom. The lowest BCUT2D eigenvalue weighted by Crippen LogP contribution is -2.62. The Kier molecular flexibility index (Phi) is 6.62. The number of hydrogen-bond acceptors (Lipinski definition) is 2. The smallest absolute Gasteiger partial charge is 0.121 e. The maximum absolute atomic E-state index is 6.90. The van der Waals surface area contributed by atoms with Crippen molar-refractivity contribution in [1.82, 2.24) is 0 Å². The molecule has 36 heavy (non-hydrogen) atoms. The number of benzene rings is 4. The molecular weight excluding hydrogens is 456 g/mol. The van der Waals surface area contributed by atoms with Crippen LogP contribution in [0.5, 0.6) is 0 Å². The van der Waals surface area contributed by atoms with Gasteiger partial charge in [-0.1, -0.05) is 138 Å². The van der Waals surface area contributed by atoms with Crippen LogP contribution in [0, 0.1) is 11.8 Å². The Morgan fingerprint density at radius 2 is 0.972 bits per heavy atom. The van der Waals surface area contributed by atoms with E-state index in [1.165, 1.54) is 27.9 Å². The highest BCUT2D eigenvalue weighted by molar-refractivity contribution is 7.02. The summed E-state index contributed by atoms with van der Waals surface area (Å²) in [4.78, 5) is 0. The van der Waals surface area contributed by atoms with Crippen molar-refractivity contribution in [3.05, 3.63) is 132 Å². The van der Waals surface area contributed by atoms with E-state index in [0.717, 1.165) is 0 Å². The van der Waals surface area contributed by atoms with Gasteiger partial charge in [0.05, 0.1) is 25.4 Å². The van der Waals surface area contributed by atoms with Gasteiger partial charge < -0.3 is 9.47 Å². The van der Waals surface area contributed by atoms with Gasteiger partial charge in [0.25, 0.3) is 0 Å². The van der Waals surface area contributed by atoms with Gasteiger partial charge in [-0.2, -0.15) is 0 Å².